The van der Waals surface area contributed by atoms with Gasteiger partial charge < -0.3 is 18.8 Å². The topological polar surface area (TPSA) is 99.1 Å². The summed E-state index contributed by atoms with van der Waals surface area (Å²) in [5.41, 5.74) is 1.63. The number of carbonyl (C=O) groups is 1. The predicted octanol–water partition coefficient (Wildman–Crippen LogP) is 3.44. The number of carbonyl (C=O) groups excluding carboxylic acids is 1. The van der Waals surface area contributed by atoms with Crippen molar-refractivity contribution in [1.29, 1.82) is 0 Å². The first-order valence-corrected chi connectivity index (χ1v) is 11.6. The maximum absolute atomic E-state index is 12.8. The number of aliphatic hydroxyl groups excluding tert-OH is 1. The van der Waals surface area contributed by atoms with Crippen LogP contribution in [-0.2, 0) is 21.3 Å². The molecule has 1 aliphatic carbocycles. The summed E-state index contributed by atoms with van der Waals surface area (Å²) in [5, 5.41) is 10.4. The summed E-state index contributed by atoms with van der Waals surface area (Å²) in [6.45, 7) is 1.86. The van der Waals surface area contributed by atoms with Crippen LogP contribution in [-0.4, -0.2) is 39.6 Å². The number of aliphatic hydroxyl groups is 1. The molecule has 0 amide bonds. The van der Waals surface area contributed by atoms with Crippen molar-refractivity contribution in [2.24, 2.45) is 5.92 Å². The first kappa shape index (κ1) is 23.1. The van der Waals surface area contributed by atoms with Crippen LogP contribution in [0.25, 0.3) is 0 Å². The Kier molecular flexibility index (Phi) is 7.23. The van der Waals surface area contributed by atoms with Crippen molar-refractivity contribution in [3.63, 3.8) is 0 Å². The highest BCUT2D eigenvalue weighted by molar-refractivity contribution is 7.87. The third-order valence-electron chi connectivity index (χ3n) is 5.56. The van der Waals surface area contributed by atoms with E-state index in [4.69, 9.17) is 13.7 Å². The number of ketones is 1. The fourth-order valence-corrected chi connectivity index (χ4v) is 4.75. The van der Waals surface area contributed by atoms with Gasteiger partial charge in [-0.25, -0.2) is 0 Å². The molecule has 1 fully saturated rings. The standard InChI is InChI=1S/C23H28O7S/c1-15-7-10-17(11-8-15)31(26,27)30-22-14-16(13-21(28-2)23(22)29-3)9-12-20(25)18-5-4-6-19(18)24/h7-8,10-11,13-14,18,20,25H,4-6,9,12H2,1-3H3. The normalized spacial score (nSPS) is 17.4. The van der Waals surface area contributed by atoms with E-state index in [9.17, 15) is 18.3 Å². The molecule has 0 saturated heterocycles. The van der Waals surface area contributed by atoms with Gasteiger partial charge in [-0.2, -0.15) is 8.42 Å². The van der Waals surface area contributed by atoms with E-state index in [0.29, 0.717) is 37.0 Å². The number of aryl methyl sites for hydroxylation is 2. The number of rotatable bonds is 9. The van der Waals surface area contributed by atoms with Crippen LogP contribution >= 0.6 is 0 Å². The molecule has 2 aromatic rings. The van der Waals surface area contributed by atoms with Crippen LogP contribution in [0.1, 0.15) is 36.8 Å². The average Bonchev–Trinajstić information content (AvgIpc) is 3.17. The lowest BCUT2D eigenvalue weighted by Crippen LogP contribution is -2.24. The van der Waals surface area contributed by atoms with E-state index < -0.39 is 16.2 Å². The van der Waals surface area contributed by atoms with E-state index in [1.165, 1.54) is 26.4 Å². The molecule has 3 rings (SSSR count). The number of benzene rings is 2. The molecule has 31 heavy (non-hydrogen) atoms. The summed E-state index contributed by atoms with van der Waals surface area (Å²) in [7, 11) is -1.23. The molecular weight excluding hydrogens is 420 g/mol. The summed E-state index contributed by atoms with van der Waals surface area (Å²) in [4.78, 5) is 11.9. The molecule has 2 unspecified atom stereocenters. The fraction of sp³-hybridized carbons (Fsp3) is 0.435. The van der Waals surface area contributed by atoms with Gasteiger partial charge in [-0.3, -0.25) is 4.79 Å². The Bertz CT molecular complexity index is 1030. The molecule has 0 bridgehead atoms. The van der Waals surface area contributed by atoms with Gasteiger partial charge in [-0.15, -0.1) is 0 Å². The molecule has 0 radical (unpaired) electrons. The molecule has 0 spiro atoms. The lowest BCUT2D eigenvalue weighted by Gasteiger charge is -2.18. The highest BCUT2D eigenvalue weighted by atomic mass is 32.2. The second-order valence-corrected chi connectivity index (χ2v) is 9.30. The minimum Gasteiger partial charge on any atom is -0.493 e. The largest absolute Gasteiger partial charge is 0.493 e. The monoisotopic (exact) mass is 448 g/mol. The van der Waals surface area contributed by atoms with Crippen molar-refractivity contribution in [2.75, 3.05) is 14.2 Å². The van der Waals surface area contributed by atoms with Gasteiger partial charge in [0, 0.05) is 12.3 Å². The van der Waals surface area contributed by atoms with E-state index >= 15 is 0 Å². The lowest BCUT2D eigenvalue weighted by molar-refractivity contribution is -0.123. The van der Waals surface area contributed by atoms with Gasteiger partial charge in [0.2, 0.25) is 5.75 Å². The van der Waals surface area contributed by atoms with Crippen LogP contribution in [0.15, 0.2) is 41.3 Å². The van der Waals surface area contributed by atoms with Gasteiger partial charge in [0.25, 0.3) is 0 Å². The van der Waals surface area contributed by atoms with E-state index in [1.807, 2.05) is 6.92 Å². The molecule has 2 aromatic carbocycles. The molecule has 0 aliphatic heterocycles. The van der Waals surface area contributed by atoms with Crippen LogP contribution in [0.4, 0.5) is 0 Å². The zero-order chi connectivity index (χ0) is 22.6. The Balaban J connectivity index is 1.85. The molecule has 1 aliphatic rings. The van der Waals surface area contributed by atoms with Crippen LogP contribution in [0.5, 0.6) is 17.2 Å². The molecule has 0 aromatic heterocycles. The number of methoxy groups -OCH3 is 2. The SMILES string of the molecule is COc1cc(CCC(O)C2CCCC2=O)cc(OS(=O)(=O)c2ccc(C)cc2)c1OC. The van der Waals surface area contributed by atoms with Gasteiger partial charge in [0.05, 0.1) is 20.3 Å². The number of ether oxygens (including phenoxy) is 2. The van der Waals surface area contributed by atoms with E-state index in [1.54, 1.807) is 24.3 Å². The Morgan fingerprint density at radius 2 is 1.77 bits per heavy atom. The van der Waals surface area contributed by atoms with Crippen LogP contribution in [0.2, 0.25) is 0 Å². The third kappa shape index (κ3) is 5.37. The maximum Gasteiger partial charge on any atom is 0.339 e. The van der Waals surface area contributed by atoms with E-state index in [2.05, 4.69) is 0 Å². The van der Waals surface area contributed by atoms with Gasteiger partial charge >= 0.3 is 10.1 Å². The summed E-state index contributed by atoms with van der Waals surface area (Å²) >= 11 is 0. The fourth-order valence-electron chi connectivity index (χ4n) is 3.83. The quantitative estimate of drug-likeness (QED) is 0.587. The van der Waals surface area contributed by atoms with Crippen molar-refractivity contribution in [2.45, 2.75) is 50.0 Å². The van der Waals surface area contributed by atoms with Crippen molar-refractivity contribution >= 4 is 15.9 Å². The molecule has 168 valence electrons. The zero-order valence-corrected chi connectivity index (χ0v) is 18.8. The van der Waals surface area contributed by atoms with Gasteiger partial charge in [0.1, 0.15) is 10.7 Å². The summed E-state index contributed by atoms with van der Waals surface area (Å²) in [6.07, 6.45) is 2.10. The smallest absolute Gasteiger partial charge is 0.339 e. The molecule has 1 saturated carbocycles. The molecule has 8 heteroatoms. The Morgan fingerprint density at radius 3 is 2.35 bits per heavy atom. The maximum atomic E-state index is 12.8. The average molecular weight is 449 g/mol. The molecule has 7 nitrogen and oxygen atoms in total. The first-order valence-electron chi connectivity index (χ1n) is 10.2. The molecule has 2 atom stereocenters. The van der Waals surface area contributed by atoms with Crippen LogP contribution in [0.3, 0.4) is 0 Å². The Labute approximate surface area is 183 Å². The Morgan fingerprint density at radius 1 is 1.10 bits per heavy atom. The second kappa shape index (κ2) is 9.70. The second-order valence-electron chi connectivity index (χ2n) is 7.75. The van der Waals surface area contributed by atoms with E-state index in [-0.39, 0.29) is 28.1 Å². The number of Topliss-reactive ketones (excluding diaryl/α,β-unsaturated/α-hetero) is 1. The lowest BCUT2D eigenvalue weighted by atomic mass is 9.94. The van der Waals surface area contributed by atoms with Crippen molar-refractivity contribution in [3.8, 4) is 17.2 Å². The Hall–Kier alpha value is -2.58. The predicted molar refractivity (Wildman–Crippen MR) is 115 cm³/mol. The third-order valence-corrected chi connectivity index (χ3v) is 6.81. The van der Waals surface area contributed by atoms with E-state index in [0.717, 1.165) is 12.0 Å². The molecular formula is C23H28O7S. The summed E-state index contributed by atoms with van der Waals surface area (Å²) in [5.74, 6) is 0.267. The summed E-state index contributed by atoms with van der Waals surface area (Å²) in [6, 6.07) is 9.62. The van der Waals surface area contributed by atoms with Crippen LogP contribution < -0.4 is 13.7 Å². The highest BCUT2D eigenvalue weighted by Gasteiger charge is 2.31. The van der Waals surface area contributed by atoms with Gasteiger partial charge in [-0.1, -0.05) is 17.7 Å². The number of hydrogen-bond acceptors (Lipinski definition) is 7. The van der Waals surface area contributed by atoms with Gasteiger partial charge in [-0.05, 0) is 62.4 Å². The van der Waals surface area contributed by atoms with Crippen LogP contribution in [0, 0.1) is 12.8 Å². The van der Waals surface area contributed by atoms with Crippen molar-refractivity contribution < 1.29 is 32.0 Å². The zero-order valence-electron chi connectivity index (χ0n) is 18.0. The van der Waals surface area contributed by atoms with Crippen molar-refractivity contribution in [1.82, 2.24) is 0 Å². The minimum atomic E-state index is -4.09. The first-order chi connectivity index (χ1) is 14.7. The molecule has 1 N–H and O–H groups in total. The van der Waals surface area contributed by atoms with Gasteiger partial charge in [0.15, 0.2) is 11.5 Å². The van der Waals surface area contributed by atoms with Crippen molar-refractivity contribution in [3.05, 3.63) is 47.5 Å². The minimum absolute atomic E-state index is 0.00357. The summed E-state index contributed by atoms with van der Waals surface area (Å²) < 4.78 is 41.6. The highest BCUT2D eigenvalue weighted by Crippen LogP contribution is 2.40. The molecule has 0 heterocycles. The number of hydrogen-bond donors (Lipinski definition) is 1.